The van der Waals surface area contributed by atoms with E-state index in [4.69, 9.17) is 14.8 Å². The van der Waals surface area contributed by atoms with Crippen molar-refractivity contribution in [2.75, 3.05) is 7.05 Å². The lowest BCUT2D eigenvalue weighted by atomic mass is 9.93. The van der Waals surface area contributed by atoms with Gasteiger partial charge in [-0.15, -0.1) is 0 Å². The van der Waals surface area contributed by atoms with Crippen LogP contribution in [0.2, 0.25) is 0 Å². The van der Waals surface area contributed by atoms with Crippen molar-refractivity contribution >= 4 is 23.1 Å². The fourth-order valence-electron chi connectivity index (χ4n) is 5.28. The molecule has 0 aliphatic heterocycles. The summed E-state index contributed by atoms with van der Waals surface area (Å²) in [5, 5.41) is 1.77. The van der Waals surface area contributed by atoms with Crippen LogP contribution < -0.4 is 0 Å². The van der Waals surface area contributed by atoms with E-state index in [0.717, 1.165) is 28.3 Å². The largest absolute Gasteiger partial charge is 0.357 e. The highest BCUT2D eigenvalue weighted by molar-refractivity contribution is 6.02. The molecule has 0 saturated heterocycles. The zero-order valence-corrected chi connectivity index (χ0v) is 27.3. The molecule has 4 aromatic rings. The molecule has 4 heteroatoms. The van der Waals surface area contributed by atoms with Gasteiger partial charge < -0.3 is 4.84 Å². The predicted molar refractivity (Wildman–Crippen MR) is 183 cm³/mol. The van der Waals surface area contributed by atoms with Gasteiger partial charge in [-0.25, -0.2) is 9.98 Å². The molecule has 224 valence electrons. The SMILES string of the molecule is CC(C)c1cccc(C(C)C)c1/N=C(/ON(C)/C(=N/c1c(C(C)C)cccc1C(C)C)c1ccccc1)c1ccccc1. The molecule has 0 N–H and O–H groups in total. The Balaban J connectivity index is 1.92. The summed E-state index contributed by atoms with van der Waals surface area (Å²) in [5.41, 5.74) is 8.70. The van der Waals surface area contributed by atoms with Crippen molar-refractivity contribution in [1.29, 1.82) is 0 Å². The fourth-order valence-corrected chi connectivity index (χ4v) is 5.28. The molecule has 0 unspecified atom stereocenters. The topological polar surface area (TPSA) is 37.2 Å². The van der Waals surface area contributed by atoms with Gasteiger partial charge in [0.1, 0.15) is 0 Å². The first kappa shape index (κ1) is 31.7. The van der Waals surface area contributed by atoms with Crippen LogP contribution in [0.5, 0.6) is 0 Å². The molecule has 0 radical (unpaired) electrons. The molecule has 0 bridgehead atoms. The second-order valence-corrected chi connectivity index (χ2v) is 12.4. The molecule has 0 aliphatic carbocycles. The number of hydroxylamine groups is 2. The van der Waals surface area contributed by atoms with Gasteiger partial charge in [0.15, 0.2) is 5.84 Å². The van der Waals surface area contributed by atoms with Crippen LogP contribution in [0.15, 0.2) is 107 Å². The highest BCUT2D eigenvalue weighted by atomic mass is 16.7. The lowest BCUT2D eigenvalue weighted by Gasteiger charge is -2.25. The van der Waals surface area contributed by atoms with E-state index < -0.39 is 0 Å². The maximum atomic E-state index is 6.75. The number of aliphatic imine (C=N–C) groups is 2. The molecule has 0 aliphatic rings. The van der Waals surface area contributed by atoms with Gasteiger partial charge in [-0.2, -0.15) is 5.06 Å². The van der Waals surface area contributed by atoms with Gasteiger partial charge >= 0.3 is 0 Å². The van der Waals surface area contributed by atoms with Crippen molar-refractivity contribution in [1.82, 2.24) is 5.06 Å². The number of amidine groups is 1. The Morgan fingerprint density at radius 1 is 0.488 bits per heavy atom. The first-order chi connectivity index (χ1) is 20.6. The third-order valence-electron chi connectivity index (χ3n) is 7.69. The van der Waals surface area contributed by atoms with Crippen molar-refractivity contribution in [3.05, 3.63) is 130 Å². The minimum atomic E-state index is 0.315. The van der Waals surface area contributed by atoms with Gasteiger partial charge in [-0.3, -0.25) is 0 Å². The van der Waals surface area contributed by atoms with Crippen LogP contribution in [0.1, 0.15) is 112 Å². The van der Waals surface area contributed by atoms with Crippen molar-refractivity contribution in [3.8, 4) is 0 Å². The Bertz CT molecular complexity index is 1500. The zero-order valence-electron chi connectivity index (χ0n) is 27.3. The Labute approximate surface area is 259 Å². The van der Waals surface area contributed by atoms with E-state index in [1.165, 1.54) is 22.3 Å². The molecule has 0 saturated carbocycles. The third kappa shape index (κ3) is 7.62. The normalized spacial score (nSPS) is 12.5. The molecular formula is C39H47N3O. The quantitative estimate of drug-likeness (QED) is 0.119. The van der Waals surface area contributed by atoms with E-state index in [2.05, 4.69) is 104 Å². The summed E-state index contributed by atoms with van der Waals surface area (Å²) in [7, 11) is 1.93. The van der Waals surface area contributed by atoms with Crippen LogP contribution in [0.25, 0.3) is 0 Å². The molecule has 4 nitrogen and oxygen atoms in total. The maximum Gasteiger partial charge on any atom is 0.253 e. The van der Waals surface area contributed by atoms with E-state index in [1.54, 1.807) is 5.06 Å². The van der Waals surface area contributed by atoms with Gasteiger partial charge in [-0.05, 0) is 58.1 Å². The van der Waals surface area contributed by atoms with Gasteiger partial charge in [-0.1, -0.05) is 140 Å². The number of hydrogen-bond donors (Lipinski definition) is 0. The molecule has 4 rings (SSSR count). The fraction of sp³-hybridized carbons (Fsp3) is 0.333. The molecule has 0 fully saturated rings. The van der Waals surface area contributed by atoms with E-state index in [9.17, 15) is 0 Å². The Hall–Kier alpha value is -4.18. The van der Waals surface area contributed by atoms with Gasteiger partial charge in [0.25, 0.3) is 5.90 Å². The van der Waals surface area contributed by atoms with Crippen LogP contribution >= 0.6 is 0 Å². The van der Waals surface area contributed by atoms with E-state index in [-0.39, 0.29) is 0 Å². The molecule has 0 spiro atoms. The van der Waals surface area contributed by atoms with Crippen molar-refractivity contribution < 1.29 is 4.84 Å². The highest BCUT2D eigenvalue weighted by Gasteiger charge is 2.21. The second kappa shape index (κ2) is 14.3. The van der Waals surface area contributed by atoms with Crippen LogP contribution in [0.3, 0.4) is 0 Å². The zero-order chi connectivity index (χ0) is 31.1. The van der Waals surface area contributed by atoms with Crippen molar-refractivity contribution in [2.45, 2.75) is 79.1 Å². The number of para-hydroxylation sites is 2. The van der Waals surface area contributed by atoms with Crippen LogP contribution in [-0.4, -0.2) is 23.8 Å². The maximum absolute atomic E-state index is 6.75. The lowest BCUT2D eigenvalue weighted by molar-refractivity contribution is 0.0336. The smallest absolute Gasteiger partial charge is 0.253 e. The Morgan fingerprint density at radius 2 is 0.860 bits per heavy atom. The third-order valence-corrected chi connectivity index (χ3v) is 7.69. The lowest BCUT2D eigenvalue weighted by Crippen LogP contribution is -2.31. The van der Waals surface area contributed by atoms with Gasteiger partial charge in [0, 0.05) is 18.2 Å². The molecular weight excluding hydrogens is 526 g/mol. The summed E-state index contributed by atoms with van der Waals surface area (Å²) in [5.74, 6) is 2.53. The first-order valence-corrected chi connectivity index (χ1v) is 15.5. The summed E-state index contributed by atoms with van der Waals surface area (Å²) >= 11 is 0. The number of rotatable bonds is 8. The number of hydrogen-bond acceptors (Lipinski definition) is 3. The summed E-state index contributed by atoms with van der Waals surface area (Å²) in [6, 6.07) is 33.4. The van der Waals surface area contributed by atoms with E-state index in [0.29, 0.717) is 29.6 Å². The Morgan fingerprint density at radius 3 is 1.26 bits per heavy atom. The van der Waals surface area contributed by atoms with Crippen molar-refractivity contribution in [3.63, 3.8) is 0 Å². The van der Waals surface area contributed by atoms with Gasteiger partial charge in [0.05, 0.1) is 11.4 Å². The minimum Gasteiger partial charge on any atom is -0.357 e. The van der Waals surface area contributed by atoms with Crippen molar-refractivity contribution in [2.24, 2.45) is 9.98 Å². The minimum absolute atomic E-state index is 0.315. The Kier molecular flexibility index (Phi) is 10.6. The summed E-state index contributed by atoms with van der Waals surface area (Å²) in [6.07, 6.45) is 0. The molecule has 0 aromatic heterocycles. The van der Waals surface area contributed by atoms with Crippen LogP contribution in [0, 0.1) is 0 Å². The predicted octanol–water partition coefficient (Wildman–Crippen LogP) is 10.9. The van der Waals surface area contributed by atoms with E-state index in [1.807, 2.05) is 55.6 Å². The molecule has 0 amide bonds. The van der Waals surface area contributed by atoms with Crippen LogP contribution in [-0.2, 0) is 4.84 Å². The molecule has 43 heavy (non-hydrogen) atoms. The van der Waals surface area contributed by atoms with E-state index >= 15 is 0 Å². The van der Waals surface area contributed by atoms with Crippen LogP contribution in [0.4, 0.5) is 11.4 Å². The summed E-state index contributed by atoms with van der Waals surface area (Å²) < 4.78 is 0. The first-order valence-electron chi connectivity index (χ1n) is 15.5. The number of benzene rings is 4. The van der Waals surface area contributed by atoms with Gasteiger partial charge in [0.2, 0.25) is 0 Å². The standard InChI is InChI=1S/C39H47N3O/c1-26(2)32-22-16-23-33(27(3)4)36(32)40-38(30-18-12-10-13-19-30)42(9)43-39(31-20-14-11-15-21-31)41-37-34(28(5)6)24-17-25-35(37)29(7)8/h10-29H,1-9H3/b40-38+,41-39+. The average molecular weight is 574 g/mol. The highest BCUT2D eigenvalue weighted by Crippen LogP contribution is 2.37. The average Bonchev–Trinajstić information content (AvgIpc) is 2.99. The summed E-state index contributed by atoms with van der Waals surface area (Å²) in [4.78, 5) is 17.4. The molecule has 0 heterocycles. The monoisotopic (exact) mass is 573 g/mol. The second-order valence-electron chi connectivity index (χ2n) is 12.4. The summed E-state index contributed by atoms with van der Waals surface area (Å²) in [6.45, 7) is 17.7. The number of nitrogens with zero attached hydrogens (tertiary/aromatic N) is 3. The molecule has 4 aromatic carbocycles. The molecule has 0 atom stereocenters.